The van der Waals surface area contributed by atoms with Crippen molar-refractivity contribution in [3.63, 3.8) is 0 Å². The van der Waals surface area contributed by atoms with E-state index in [2.05, 4.69) is 0 Å². The number of carbonyl (C=O) groups is 1. The van der Waals surface area contributed by atoms with Gasteiger partial charge >= 0.3 is 5.97 Å². The summed E-state index contributed by atoms with van der Waals surface area (Å²) in [5.74, 6) is -0.509. The van der Waals surface area contributed by atoms with Gasteiger partial charge in [0.25, 0.3) is 0 Å². The van der Waals surface area contributed by atoms with E-state index in [-0.39, 0.29) is 0 Å². The molecule has 0 radical (unpaired) electrons. The molecule has 11 heavy (non-hydrogen) atoms. The van der Waals surface area contributed by atoms with E-state index in [1.54, 1.807) is 20.8 Å². The zero-order valence-corrected chi connectivity index (χ0v) is 7.39. The molecule has 0 unspecified atom stereocenters. The first-order valence-electron chi connectivity index (χ1n) is 4.00. The monoisotopic (exact) mass is 160 g/mol. The van der Waals surface area contributed by atoms with Gasteiger partial charge in [-0.15, -0.1) is 0 Å². The molecule has 0 aliphatic rings. The van der Waals surface area contributed by atoms with E-state index in [1.807, 2.05) is 0 Å². The van der Waals surface area contributed by atoms with Crippen molar-refractivity contribution in [3.05, 3.63) is 0 Å². The van der Waals surface area contributed by atoms with Crippen LogP contribution in [0.4, 0.5) is 0 Å². The summed E-state index contributed by atoms with van der Waals surface area (Å²) >= 11 is 0. The summed E-state index contributed by atoms with van der Waals surface area (Å²) in [5.41, 5.74) is -1.27. The Bertz CT molecular complexity index is 127. The summed E-state index contributed by atoms with van der Waals surface area (Å²) in [6.07, 6.45) is 0.810. The highest BCUT2D eigenvalue weighted by Crippen LogP contribution is 2.16. The number of aliphatic hydroxyl groups is 1. The molecule has 0 atom stereocenters. The molecule has 0 fully saturated rings. The molecule has 0 aliphatic carbocycles. The lowest BCUT2D eigenvalue weighted by Crippen LogP contribution is -2.38. The fraction of sp³-hybridized carbons (Fsp3) is 0.875. The van der Waals surface area contributed by atoms with E-state index < -0.39 is 11.6 Å². The molecule has 3 nitrogen and oxygen atoms in total. The van der Waals surface area contributed by atoms with Crippen molar-refractivity contribution in [1.82, 2.24) is 0 Å². The maximum absolute atomic E-state index is 11.1. The Morgan fingerprint density at radius 1 is 1.36 bits per heavy atom. The van der Waals surface area contributed by atoms with Gasteiger partial charge in [0.2, 0.25) is 0 Å². The molecule has 3 heteroatoms. The summed E-state index contributed by atoms with van der Waals surface area (Å²) in [5, 5.41) is 9.55. The third-order valence-corrected chi connectivity index (χ3v) is 1.83. The average molecular weight is 160 g/mol. The number of carbonyl (C=O) groups excluding carboxylic acids is 1. The molecule has 0 aliphatic heterocycles. The highest BCUT2D eigenvalue weighted by Gasteiger charge is 2.33. The second-order valence-electron chi connectivity index (χ2n) is 2.46. The molecule has 1 N–H and O–H groups in total. The number of esters is 1. The third-order valence-electron chi connectivity index (χ3n) is 1.83. The van der Waals surface area contributed by atoms with Crippen LogP contribution < -0.4 is 0 Å². The first kappa shape index (κ1) is 10.4. The highest BCUT2D eigenvalue weighted by atomic mass is 16.5. The maximum Gasteiger partial charge on any atom is 0.338 e. The highest BCUT2D eigenvalue weighted by molar-refractivity contribution is 5.79. The van der Waals surface area contributed by atoms with Gasteiger partial charge in [-0.05, 0) is 19.8 Å². The molecule has 0 amide bonds. The molecule has 66 valence electrons. The van der Waals surface area contributed by atoms with Gasteiger partial charge in [-0.25, -0.2) is 4.79 Å². The molecule has 0 bridgehead atoms. The van der Waals surface area contributed by atoms with E-state index in [9.17, 15) is 9.90 Å². The van der Waals surface area contributed by atoms with Crippen LogP contribution >= 0.6 is 0 Å². The maximum atomic E-state index is 11.1. The Hall–Kier alpha value is -0.570. The van der Waals surface area contributed by atoms with Gasteiger partial charge in [0, 0.05) is 0 Å². The summed E-state index contributed by atoms with van der Waals surface area (Å²) in [6, 6.07) is 0. The Morgan fingerprint density at radius 3 is 2.09 bits per heavy atom. The van der Waals surface area contributed by atoms with E-state index in [0.29, 0.717) is 19.4 Å². The second-order valence-corrected chi connectivity index (χ2v) is 2.46. The van der Waals surface area contributed by atoms with E-state index in [4.69, 9.17) is 4.74 Å². The van der Waals surface area contributed by atoms with Crippen LogP contribution in [0.3, 0.4) is 0 Å². The molecular weight excluding hydrogens is 144 g/mol. The molecule has 0 heterocycles. The van der Waals surface area contributed by atoms with Crippen molar-refractivity contribution >= 4 is 5.97 Å². The van der Waals surface area contributed by atoms with Crippen LogP contribution in [0.15, 0.2) is 0 Å². The average Bonchev–Trinajstić information content (AvgIpc) is 2.03. The largest absolute Gasteiger partial charge is 0.464 e. The molecule has 0 saturated heterocycles. The molecule has 0 spiro atoms. The van der Waals surface area contributed by atoms with Crippen LogP contribution in [0.2, 0.25) is 0 Å². The summed E-state index contributed by atoms with van der Waals surface area (Å²) < 4.78 is 4.70. The van der Waals surface area contributed by atoms with Crippen molar-refractivity contribution in [3.8, 4) is 0 Å². The molecule has 0 saturated carbocycles. The van der Waals surface area contributed by atoms with Crippen LogP contribution in [0.1, 0.15) is 33.6 Å². The second kappa shape index (κ2) is 4.34. The molecule has 0 aromatic rings. The van der Waals surface area contributed by atoms with Crippen molar-refractivity contribution in [2.75, 3.05) is 6.61 Å². The van der Waals surface area contributed by atoms with Crippen LogP contribution in [0.25, 0.3) is 0 Å². The lowest BCUT2D eigenvalue weighted by atomic mass is 9.98. The lowest BCUT2D eigenvalue weighted by Gasteiger charge is -2.21. The van der Waals surface area contributed by atoms with Gasteiger partial charge in [0.1, 0.15) is 0 Å². The zero-order chi connectivity index (χ0) is 8.91. The van der Waals surface area contributed by atoms with Crippen LogP contribution in [-0.2, 0) is 9.53 Å². The minimum Gasteiger partial charge on any atom is -0.464 e. The molecular formula is C8H16O3. The third kappa shape index (κ3) is 2.50. The summed E-state index contributed by atoms with van der Waals surface area (Å²) in [4.78, 5) is 11.1. The summed E-state index contributed by atoms with van der Waals surface area (Å²) in [7, 11) is 0. The number of hydrogen-bond acceptors (Lipinski definition) is 3. The standard InChI is InChI=1S/C8H16O3/c1-4-8(10,5-2)7(9)11-6-3/h10H,4-6H2,1-3H3. The SMILES string of the molecule is CCOC(=O)C(O)(CC)CC. The van der Waals surface area contributed by atoms with E-state index in [0.717, 1.165) is 0 Å². The van der Waals surface area contributed by atoms with E-state index in [1.165, 1.54) is 0 Å². The van der Waals surface area contributed by atoms with Crippen LogP contribution in [0, 0.1) is 0 Å². The normalized spacial score (nSPS) is 11.3. The van der Waals surface area contributed by atoms with Gasteiger partial charge < -0.3 is 9.84 Å². The number of rotatable bonds is 4. The van der Waals surface area contributed by atoms with Gasteiger partial charge in [-0.3, -0.25) is 0 Å². The fourth-order valence-corrected chi connectivity index (χ4v) is 0.804. The predicted molar refractivity (Wildman–Crippen MR) is 42.2 cm³/mol. The Labute approximate surface area is 67.4 Å². The summed E-state index contributed by atoms with van der Waals surface area (Å²) in [6.45, 7) is 5.58. The smallest absolute Gasteiger partial charge is 0.338 e. The van der Waals surface area contributed by atoms with Crippen molar-refractivity contribution in [1.29, 1.82) is 0 Å². The first-order valence-corrected chi connectivity index (χ1v) is 4.00. The number of ether oxygens (including phenoxy) is 1. The minimum atomic E-state index is -1.27. The topological polar surface area (TPSA) is 46.5 Å². The lowest BCUT2D eigenvalue weighted by molar-refractivity contribution is -0.165. The number of hydrogen-bond donors (Lipinski definition) is 1. The quantitative estimate of drug-likeness (QED) is 0.626. The van der Waals surface area contributed by atoms with Gasteiger partial charge in [0.05, 0.1) is 6.61 Å². The zero-order valence-electron chi connectivity index (χ0n) is 7.39. The Kier molecular flexibility index (Phi) is 4.11. The van der Waals surface area contributed by atoms with Crippen LogP contribution in [-0.4, -0.2) is 23.3 Å². The molecule has 0 rings (SSSR count). The fourth-order valence-electron chi connectivity index (χ4n) is 0.804. The van der Waals surface area contributed by atoms with Crippen LogP contribution in [0.5, 0.6) is 0 Å². The van der Waals surface area contributed by atoms with Crippen molar-refractivity contribution in [2.45, 2.75) is 39.2 Å². The van der Waals surface area contributed by atoms with Crippen molar-refractivity contribution < 1.29 is 14.6 Å². The van der Waals surface area contributed by atoms with Gasteiger partial charge in [-0.2, -0.15) is 0 Å². The predicted octanol–water partition coefficient (Wildman–Crippen LogP) is 1.10. The van der Waals surface area contributed by atoms with Crippen molar-refractivity contribution in [2.24, 2.45) is 0 Å². The minimum absolute atomic E-state index is 0.321. The van der Waals surface area contributed by atoms with E-state index >= 15 is 0 Å². The Balaban J connectivity index is 4.12. The van der Waals surface area contributed by atoms with Gasteiger partial charge in [-0.1, -0.05) is 13.8 Å². The molecule has 0 aromatic carbocycles. The van der Waals surface area contributed by atoms with Gasteiger partial charge in [0.15, 0.2) is 5.60 Å². The first-order chi connectivity index (χ1) is 5.10. The molecule has 0 aromatic heterocycles. The Morgan fingerprint density at radius 2 is 1.82 bits per heavy atom.